The number of carbonyl (C=O) groups is 1. The number of amides is 1. The van der Waals surface area contributed by atoms with Gasteiger partial charge in [-0.3, -0.25) is 9.48 Å². The number of fused-ring (bicyclic) bond motifs is 1. The SMILES string of the molecule is Cc1c(C(=O)Nc2cnn(C(C)(C)C)c2)oc2ccc(Br)cc12. The zero-order valence-corrected chi connectivity index (χ0v) is 15.1. The van der Waals surface area contributed by atoms with Gasteiger partial charge in [-0.05, 0) is 45.9 Å². The molecule has 0 aliphatic rings. The molecule has 1 amide bonds. The monoisotopic (exact) mass is 375 g/mol. The van der Waals surface area contributed by atoms with E-state index in [-0.39, 0.29) is 11.4 Å². The molecule has 3 aromatic rings. The van der Waals surface area contributed by atoms with Gasteiger partial charge in [0.2, 0.25) is 0 Å². The Morgan fingerprint density at radius 3 is 2.74 bits per heavy atom. The van der Waals surface area contributed by atoms with E-state index in [1.54, 1.807) is 6.20 Å². The molecule has 3 rings (SSSR count). The third kappa shape index (κ3) is 3.03. The second-order valence-electron chi connectivity index (χ2n) is 6.50. The number of hydrogen-bond acceptors (Lipinski definition) is 3. The highest BCUT2D eigenvalue weighted by atomic mass is 79.9. The summed E-state index contributed by atoms with van der Waals surface area (Å²) in [4.78, 5) is 12.5. The molecule has 0 aliphatic heterocycles. The smallest absolute Gasteiger partial charge is 0.291 e. The van der Waals surface area contributed by atoms with Crippen molar-refractivity contribution in [2.24, 2.45) is 0 Å². The van der Waals surface area contributed by atoms with Crippen LogP contribution >= 0.6 is 15.9 Å². The molecule has 5 nitrogen and oxygen atoms in total. The van der Waals surface area contributed by atoms with Crippen LogP contribution in [0, 0.1) is 6.92 Å². The summed E-state index contributed by atoms with van der Waals surface area (Å²) in [6.45, 7) is 8.03. The molecule has 1 N–H and O–H groups in total. The number of furan rings is 1. The van der Waals surface area contributed by atoms with Gasteiger partial charge < -0.3 is 9.73 Å². The van der Waals surface area contributed by atoms with Gasteiger partial charge in [0.1, 0.15) is 5.58 Å². The Bertz CT molecular complexity index is 887. The molecule has 23 heavy (non-hydrogen) atoms. The lowest BCUT2D eigenvalue weighted by Gasteiger charge is -2.18. The van der Waals surface area contributed by atoms with Crippen LogP contribution in [0.1, 0.15) is 36.9 Å². The number of hydrogen-bond donors (Lipinski definition) is 1. The third-order valence-electron chi connectivity index (χ3n) is 3.63. The zero-order chi connectivity index (χ0) is 16.8. The molecule has 2 heterocycles. The van der Waals surface area contributed by atoms with Crippen LogP contribution in [0.15, 0.2) is 39.5 Å². The van der Waals surface area contributed by atoms with E-state index in [1.165, 1.54) is 0 Å². The lowest BCUT2D eigenvalue weighted by atomic mass is 10.1. The fraction of sp³-hybridized carbons (Fsp3) is 0.294. The van der Waals surface area contributed by atoms with Crippen molar-refractivity contribution in [2.75, 3.05) is 5.32 Å². The Kier molecular flexibility index (Phi) is 3.80. The first-order chi connectivity index (χ1) is 10.8. The normalized spacial score (nSPS) is 11.9. The highest BCUT2D eigenvalue weighted by Gasteiger charge is 2.20. The van der Waals surface area contributed by atoms with Crippen LogP contribution in [0.25, 0.3) is 11.0 Å². The minimum atomic E-state index is -0.275. The fourth-order valence-corrected chi connectivity index (χ4v) is 2.71. The molecule has 6 heteroatoms. The van der Waals surface area contributed by atoms with Gasteiger partial charge in [-0.1, -0.05) is 15.9 Å². The molecular formula is C17H18BrN3O2. The average Bonchev–Trinajstić information content (AvgIpc) is 3.04. The first kappa shape index (κ1) is 15.8. The Balaban J connectivity index is 1.89. The van der Waals surface area contributed by atoms with E-state index in [2.05, 4.69) is 26.3 Å². The van der Waals surface area contributed by atoms with E-state index < -0.39 is 0 Å². The van der Waals surface area contributed by atoms with Crippen LogP contribution in [-0.4, -0.2) is 15.7 Å². The van der Waals surface area contributed by atoms with Crippen LogP contribution in [0.3, 0.4) is 0 Å². The van der Waals surface area contributed by atoms with Crippen LogP contribution in [0.5, 0.6) is 0 Å². The van der Waals surface area contributed by atoms with Gasteiger partial charge in [0.25, 0.3) is 5.91 Å². The summed E-state index contributed by atoms with van der Waals surface area (Å²) in [7, 11) is 0. The van der Waals surface area contributed by atoms with E-state index in [0.29, 0.717) is 17.0 Å². The quantitative estimate of drug-likeness (QED) is 0.705. The van der Waals surface area contributed by atoms with Gasteiger partial charge in [-0.25, -0.2) is 0 Å². The van der Waals surface area contributed by atoms with Crippen molar-refractivity contribution in [3.63, 3.8) is 0 Å². The summed E-state index contributed by atoms with van der Waals surface area (Å²) >= 11 is 3.43. The maximum Gasteiger partial charge on any atom is 0.291 e. The predicted octanol–water partition coefficient (Wildman–Crippen LogP) is 4.71. The van der Waals surface area contributed by atoms with Crippen molar-refractivity contribution in [3.05, 3.63) is 46.4 Å². The van der Waals surface area contributed by atoms with Gasteiger partial charge in [-0.2, -0.15) is 5.10 Å². The largest absolute Gasteiger partial charge is 0.451 e. The number of aromatic nitrogens is 2. The molecule has 0 saturated heterocycles. The number of nitrogens with zero attached hydrogens (tertiary/aromatic N) is 2. The van der Waals surface area contributed by atoms with Crippen molar-refractivity contribution in [1.29, 1.82) is 0 Å². The van der Waals surface area contributed by atoms with Gasteiger partial charge in [-0.15, -0.1) is 0 Å². The Morgan fingerprint density at radius 2 is 2.09 bits per heavy atom. The summed E-state index contributed by atoms with van der Waals surface area (Å²) in [5, 5.41) is 8.04. The van der Waals surface area contributed by atoms with Crippen molar-refractivity contribution in [3.8, 4) is 0 Å². The average molecular weight is 376 g/mol. The fourth-order valence-electron chi connectivity index (χ4n) is 2.35. The number of anilines is 1. The zero-order valence-electron chi connectivity index (χ0n) is 13.5. The molecule has 0 radical (unpaired) electrons. The molecule has 0 saturated carbocycles. The van der Waals surface area contributed by atoms with Crippen molar-refractivity contribution >= 4 is 38.5 Å². The summed E-state index contributed by atoms with van der Waals surface area (Å²) in [6.07, 6.45) is 3.45. The molecule has 0 spiro atoms. The van der Waals surface area contributed by atoms with Crippen molar-refractivity contribution in [2.45, 2.75) is 33.2 Å². The number of benzene rings is 1. The second kappa shape index (κ2) is 5.53. The van der Waals surface area contributed by atoms with E-state index in [1.807, 2.05) is 56.8 Å². The molecule has 2 aromatic heterocycles. The predicted molar refractivity (Wildman–Crippen MR) is 93.8 cm³/mol. The molecule has 0 bridgehead atoms. The summed E-state index contributed by atoms with van der Waals surface area (Å²) in [5.74, 6) is 0.0462. The lowest BCUT2D eigenvalue weighted by molar-refractivity contribution is 0.0998. The molecule has 0 unspecified atom stereocenters. The van der Waals surface area contributed by atoms with Gasteiger partial charge in [0.15, 0.2) is 5.76 Å². The van der Waals surface area contributed by atoms with Gasteiger partial charge in [0, 0.05) is 21.6 Å². The number of rotatable bonds is 2. The number of carbonyl (C=O) groups excluding carboxylic acids is 1. The molecule has 0 atom stereocenters. The van der Waals surface area contributed by atoms with E-state index in [0.717, 1.165) is 15.4 Å². The Hall–Kier alpha value is -2.08. The Labute approximate surface area is 142 Å². The van der Waals surface area contributed by atoms with Crippen LogP contribution < -0.4 is 5.32 Å². The minimum Gasteiger partial charge on any atom is -0.451 e. The van der Waals surface area contributed by atoms with E-state index >= 15 is 0 Å². The maximum absolute atomic E-state index is 12.5. The summed E-state index contributed by atoms with van der Waals surface area (Å²) < 4.78 is 8.46. The Morgan fingerprint density at radius 1 is 1.35 bits per heavy atom. The molecule has 0 aliphatic carbocycles. The third-order valence-corrected chi connectivity index (χ3v) is 4.13. The van der Waals surface area contributed by atoms with Crippen LogP contribution in [0.2, 0.25) is 0 Å². The number of halogens is 1. The van der Waals surface area contributed by atoms with Gasteiger partial charge >= 0.3 is 0 Å². The second-order valence-corrected chi connectivity index (χ2v) is 7.41. The molecular weight excluding hydrogens is 358 g/mol. The number of nitrogens with one attached hydrogen (secondary N) is 1. The molecule has 1 aromatic carbocycles. The van der Waals surface area contributed by atoms with E-state index in [9.17, 15) is 4.79 Å². The lowest BCUT2D eigenvalue weighted by Crippen LogP contribution is -2.22. The minimum absolute atomic E-state index is 0.134. The maximum atomic E-state index is 12.5. The number of aryl methyl sites for hydroxylation is 1. The first-order valence-electron chi connectivity index (χ1n) is 7.31. The van der Waals surface area contributed by atoms with Crippen LogP contribution in [-0.2, 0) is 5.54 Å². The highest BCUT2D eigenvalue weighted by molar-refractivity contribution is 9.10. The van der Waals surface area contributed by atoms with Crippen LogP contribution in [0.4, 0.5) is 5.69 Å². The summed E-state index contributed by atoms with van der Waals surface area (Å²) in [6, 6.07) is 5.68. The van der Waals surface area contributed by atoms with Gasteiger partial charge in [0.05, 0.1) is 17.4 Å². The van der Waals surface area contributed by atoms with Crippen molar-refractivity contribution in [1.82, 2.24) is 9.78 Å². The van der Waals surface area contributed by atoms with Crippen molar-refractivity contribution < 1.29 is 9.21 Å². The summed E-state index contributed by atoms with van der Waals surface area (Å²) in [5.41, 5.74) is 2.03. The first-order valence-corrected chi connectivity index (χ1v) is 8.10. The highest BCUT2D eigenvalue weighted by Crippen LogP contribution is 2.28. The van der Waals surface area contributed by atoms with E-state index in [4.69, 9.17) is 4.42 Å². The standard InChI is InChI=1S/C17H18BrN3O2/c1-10-13-7-11(18)5-6-14(13)23-15(10)16(22)20-12-8-19-21(9-12)17(2,3)4/h5-9H,1-4H3,(H,20,22). The topological polar surface area (TPSA) is 60.1 Å². The molecule has 120 valence electrons. The molecule has 0 fully saturated rings.